The number of hydrogen-bond acceptors (Lipinski definition) is 16. The number of nitrogens with zero attached hydrogens (tertiary/aromatic N) is 12. The maximum atomic E-state index is 12.9. The topological polar surface area (TPSA) is 195 Å². The number of likely N-dealkylation sites (tertiary alicyclic amines) is 2. The summed E-state index contributed by atoms with van der Waals surface area (Å²) in [5.74, 6) is 1.01. The fourth-order valence-electron chi connectivity index (χ4n) is 11.2. The number of benzene rings is 2. The molecule has 0 aliphatic carbocycles. The lowest BCUT2D eigenvalue weighted by Gasteiger charge is -2.48. The van der Waals surface area contributed by atoms with E-state index in [2.05, 4.69) is 71.3 Å². The highest BCUT2D eigenvalue weighted by Gasteiger charge is 2.36. The molecular formula is C55H71ClN14O4. The Morgan fingerprint density at radius 3 is 1.49 bits per heavy atom. The molecule has 0 spiro atoms. The Morgan fingerprint density at radius 2 is 1.05 bits per heavy atom. The van der Waals surface area contributed by atoms with Gasteiger partial charge in [0.2, 0.25) is 0 Å². The van der Waals surface area contributed by atoms with Crippen molar-refractivity contribution in [2.75, 3.05) is 92.8 Å². The Bertz CT molecular complexity index is 2820. The first-order valence-electron chi connectivity index (χ1n) is 26.4. The van der Waals surface area contributed by atoms with Gasteiger partial charge >= 0.3 is 12.0 Å². The van der Waals surface area contributed by atoms with Crippen molar-refractivity contribution in [3.63, 3.8) is 0 Å². The molecule has 4 saturated heterocycles. The molecule has 4 aliphatic rings. The van der Waals surface area contributed by atoms with Crippen molar-refractivity contribution in [1.29, 1.82) is 0 Å². The summed E-state index contributed by atoms with van der Waals surface area (Å²) in [6, 6.07) is 25.6. The van der Waals surface area contributed by atoms with Crippen LogP contribution in [0.2, 0.25) is 5.02 Å². The van der Waals surface area contributed by atoms with E-state index in [1.807, 2.05) is 86.0 Å². The summed E-state index contributed by atoms with van der Waals surface area (Å²) in [5.41, 5.74) is 13.8. The standard InChI is InChI=1S/C28H36ClN7O2.C27H35N7O2/c1-4-22-18-35(25-11-10-24(31-19(25)3)26-32-33-28(38-26)30-5-2)16-17-36(22)23-12-14-34(15-13-23)27(37)20-6-8-21(29)9-7-20;1-4-21-17-33(24-10-9-23(29-19(24)3)25-30-31-27(28)36-25)15-16-34(21)22-11-13-32(14-12-22)26(35)20-7-5-18(2)6-8-20/h6-11,22-23H,4-5,12-18H2,1-3H3,(H,30,33);5-10,21-22H,4,11-17H2,1-3H3,(H2,28,31)/t22-;21-/m00/s1. The number of rotatable bonds is 12. The van der Waals surface area contributed by atoms with Gasteiger partial charge in [0.05, 0.1) is 22.8 Å². The lowest BCUT2D eigenvalue weighted by atomic mass is 9.97. The number of pyridine rings is 2. The zero-order valence-electron chi connectivity index (χ0n) is 43.7. The molecule has 74 heavy (non-hydrogen) atoms. The van der Waals surface area contributed by atoms with E-state index >= 15 is 0 Å². The number of piperidine rings is 2. The van der Waals surface area contributed by atoms with Gasteiger partial charge in [0.15, 0.2) is 0 Å². The van der Waals surface area contributed by atoms with Crippen molar-refractivity contribution in [3.8, 4) is 23.2 Å². The van der Waals surface area contributed by atoms with Crippen molar-refractivity contribution >= 4 is 46.8 Å². The van der Waals surface area contributed by atoms with Crippen LogP contribution in [0.3, 0.4) is 0 Å². The number of nitrogen functional groups attached to an aromatic ring is 1. The molecular weight excluding hydrogens is 956 g/mol. The minimum absolute atomic E-state index is 0.0424. The average molecular weight is 1030 g/mol. The number of carbonyl (C=O) groups excluding carboxylic acids is 2. The van der Waals surface area contributed by atoms with Gasteiger partial charge in [-0.05, 0) is 127 Å². The van der Waals surface area contributed by atoms with Crippen LogP contribution >= 0.6 is 11.6 Å². The van der Waals surface area contributed by atoms with E-state index in [-0.39, 0.29) is 17.8 Å². The van der Waals surface area contributed by atoms with Gasteiger partial charge in [-0.15, -0.1) is 10.2 Å². The Hall–Kier alpha value is -6.63. The predicted molar refractivity (Wildman–Crippen MR) is 290 cm³/mol. The summed E-state index contributed by atoms with van der Waals surface area (Å²) in [4.78, 5) is 49.6. The summed E-state index contributed by atoms with van der Waals surface area (Å²) in [5, 5.41) is 19.5. The van der Waals surface area contributed by atoms with Gasteiger partial charge in [-0.3, -0.25) is 19.4 Å². The molecule has 4 fully saturated rings. The molecule has 8 heterocycles. The van der Waals surface area contributed by atoms with E-state index in [1.165, 1.54) is 5.56 Å². The fraction of sp³-hybridized carbons (Fsp3) is 0.491. The maximum Gasteiger partial charge on any atom is 0.315 e. The van der Waals surface area contributed by atoms with Gasteiger partial charge < -0.3 is 39.5 Å². The molecule has 10 rings (SSSR count). The molecule has 0 saturated carbocycles. The molecule has 0 radical (unpaired) electrons. The SMILES string of the molecule is CCNc1nnc(-c2ccc(N3CCN(C4CCN(C(=O)c5ccc(Cl)cc5)CC4)[C@@H](CC)C3)c(C)n2)o1.CC[C@H]1CN(c2ccc(-c3nnc(N)o3)nc2C)CCN1C1CCN(C(=O)c2ccc(C)cc2)CC1. The average Bonchev–Trinajstić information content (AvgIpc) is 4.10. The number of nitrogens with one attached hydrogen (secondary N) is 1. The van der Waals surface area contributed by atoms with E-state index in [1.54, 1.807) is 12.1 Å². The second-order valence-corrected chi connectivity index (χ2v) is 20.3. The van der Waals surface area contributed by atoms with Gasteiger partial charge in [0.1, 0.15) is 11.4 Å². The molecule has 19 heteroatoms. The number of anilines is 4. The normalized spacial score (nSPS) is 19.3. The molecule has 392 valence electrons. The van der Waals surface area contributed by atoms with Crippen LogP contribution < -0.4 is 20.9 Å². The number of piperazine rings is 2. The monoisotopic (exact) mass is 1030 g/mol. The number of aryl methyl sites for hydroxylation is 3. The number of carbonyl (C=O) groups is 2. The first kappa shape index (κ1) is 52.2. The van der Waals surface area contributed by atoms with E-state index in [4.69, 9.17) is 36.1 Å². The molecule has 4 aromatic heterocycles. The van der Waals surface area contributed by atoms with Crippen LogP contribution in [0, 0.1) is 20.8 Å². The molecule has 18 nitrogen and oxygen atoms in total. The predicted octanol–water partition coefficient (Wildman–Crippen LogP) is 8.27. The first-order chi connectivity index (χ1) is 35.9. The van der Waals surface area contributed by atoms with E-state index in [9.17, 15) is 9.59 Å². The second-order valence-electron chi connectivity index (χ2n) is 19.9. The third kappa shape index (κ3) is 12.0. The minimum Gasteiger partial charge on any atom is -0.402 e. The van der Waals surface area contributed by atoms with Crippen molar-refractivity contribution in [1.82, 2.24) is 50.0 Å². The van der Waals surface area contributed by atoms with E-state index in [0.717, 1.165) is 139 Å². The maximum absolute atomic E-state index is 12.9. The molecule has 2 atom stereocenters. The summed E-state index contributed by atoms with van der Waals surface area (Å²) < 4.78 is 11.0. The van der Waals surface area contributed by atoms with Gasteiger partial charge in [0.25, 0.3) is 23.6 Å². The van der Waals surface area contributed by atoms with Crippen LogP contribution in [0.25, 0.3) is 23.2 Å². The lowest BCUT2D eigenvalue weighted by molar-refractivity contribution is 0.0486. The van der Waals surface area contributed by atoms with E-state index in [0.29, 0.717) is 63.9 Å². The van der Waals surface area contributed by atoms with Gasteiger partial charge in [-0.25, -0.2) is 9.97 Å². The largest absolute Gasteiger partial charge is 0.402 e. The molecule has 2 aromatic carbocycles. The van der Waals surface area contributed by atoms with Crippen molar-refractivity contribution in [3.05, 3.63) is 106 Å². The number of amides is 2. The van der Waals surface area contributed by atoms with Gasteiger partial charge in [0, 0.05) is 112 Å². The first-order valence-corrected chi connectivity index (χ1v) is 26.8. The smallest absolute Gasteiger partial charge is 0.315 e. The van der Waals surface area contributed by atoms with Crippen molar-refractivity contribution < 1.29 is 18.4 Å². The van der Waals surface area contributed by atoms with Crippen LogP contribution in [0.15, 0.2) is 81.6 Å². The quantitative estimate of drug-likeness (QED) is 0.119. The molecule has 3 N–H and O–H groups in total. The number of halogens is 1. The van der Waals surface area contributed by atoms with Crippen molar-refractivity contribution in [2.24, 2.45) is 0 Å². The Balaban J connectivity index is 0.000000182. The van der Waals surface area contributed by atoms with Crippen molar-refractivity contribution in [2.45, 2.75) is 104 Å². The molecule has 6 aromatic rings. The summed E-state index contributed by atoms with van der Waals surface area (Å²) in [6.07, 6.45) is 6.23. The number of hydrogen-bond donors (Lipinski definition) is 2. The van der Waals surface area contributed by atoms with Crippen LogP contribution in [0.4, 0.5) is 23.4 Å². The highest BCUT2D eigenvalue weighted by atomic mass is 35.5. The minimum atomic E-state index is 0.0424. The molecule has 4 aliphatic heterocycles. The van der Waals surface area contributed by atoms with Crippen LogP contribution in [-0.4, -0.2) is 158 Å². The highest BCUT2D eigenvalue weighted by Crippen LogP contribution is 2.32. The fourth-order valence-corrected chi connectivity index (χ4v) is 11.3. The second kappa shape index (κ2) is 23.7. The Kier molecular flexibility index (Phi) is 16.7. The van der Waals surface area contributed by atoms with Gasteiger partial charge in [-0.2, -0.15) is 0 Å². The van der Waals surface area contributed by atoms with Crippen LogP contribution in [0.1, 0.15) is 97.0 Å². The summed E-state index contributed by atoms with van der Waals surface area (Å²) >= 11 is 5.99. The zero-order chi connectivity index (χ0) is 51.9. The Labute approximate surface area is 439 Å². The zero-order valence-corrected chi connectivity index (χ0v) is 44.5. The van der Waals surface area contributed by atoms with E-state index < -0.39 is 0 Å². The van der Waals surface area contributed by atoms with Gasteiger partial charge in [-0.1, -0.05) is 53.3 Å². The highest BCUT2D eigenvalue weighted by molar-refractivity contribution is 6.30. The molecule has 0 bridgehead atoms. The lowest BCUT2D eigenvalue weighted by Crippen LogP contribution is -2.58. The Morgan fingerprint density at radius 1 is 0.595 bits per heavy atom. The number of aromatic nitrogens is 6. The third-order valence-corrected chi connectivity index (χ3v) is 15.5. The summed E-state index contributed by atoms with van der Waals surface area (Å²) in [7, 11) is 0. The third-order valence-electron chi connectivity index (χ3n) is 15.3. The van der Waals surface area contributed by atoms with Crippen LogP contribution in [0.5, 0.6) is 0 Å². The summed E-state index contributed by atoms with van der Waals surface area (Å²) in [6.45, 7) is 22.4. The number of nitrogens with two attached hydrogens (primary N) is 1. The molecule has 2 amide bonds. The van der Waals surface area contributed by atoms with Crippen LogP contribution in [-0.2, 0) is 0 Å². The molecule has 0 unspecified atom stereocenters.